The summed E-state index contributed by atoms with van der Waals surface area (Å²) in [6, 6.07) is 13.2. The fraction of sp³-hybridized carbons (Fsp3) is 0.513. The zero-order chi connectivity index (χ0) is 35.3. The van der Waals surface area contributed by atoms with Gasteiger partial charge in [0.2, 0.25) is 5.88 Å². The molecule has 0 radical (unpaired) electrons. The van der Waals surface area contributed by atoms with Crippen molar-refractivity contribution in [2.24, 2.45) is 22.1 Å². The Morgan fingerprint density at radius 3 is 2.84 bits per heavy atom. The first-order valence-corrected chi connectivity index (χ1v) is 20.4. The summed E-state index contributed by atoms with van der Waals surface area (Å²) in [5.41, 5.74) is 3.62. The predicted molar refractivity (Wildman–Crippen MR) is 197 cm³/mol. The fourth-order valence-corrected chi connectivity index (χ4v) is 11.2. The van der Waals surface area contributed by atoms with E-state index in [1.807, 2.05) is 25.1 Å². The lowest BCUT2D eigenvalue weighted by atomic mass is 9.68. The second kappa shape index (κ2) is 13.7. The second-order valence-corrected chi connectivity index (χ2v) is 17.9. The Bertz CT molecular complexity index is 2000. The van der Waals surface area contributed by atoms with E-state index in [1.165, 1.54) is 11.1 Å². The molecule has 4 heterocycles. The van der Waals surface area contributed by atoms with E-state index in [0.717, 1.165) is 55.9 Å². The van der Waals surface area contributed by atoms with Crippen molar-refractivity contribution in [3.8, 4) is 11.6 Å². The monoisotopic (exact) mass is 732 g/mol. The average Bonchev–Trinajstić information content (AvgIpc) is 3.67. The lowest BCUT2D eigenvalue weighted by Crippen LogP contribution is -2.49. The Balaban J connectivity index is 1.19. The third-order valence-corrected chi connectivity index (χ3v) is 14.0. The van der Waals surface area contributed by atoms with E-state index in [9.17, 15) is 13.8 Å². The molecule has 2 aliphatic carbocycles. The van der Waals surface area contributed by atoms with Crippen LogP contribution in [0.25, 0.3) is 0 Å². The van der Waals surface area contributed by atoms with Crippen LogP contribution in [0.5, 0.6) is 11.6 Å². The number of hydrogen-bond acceptors (Lipinski definition) is 8. The molecule has 6 atom stereocenters. The molecule has 0 N–H and O–H groups in total. The van der Waals surface area contributed by atoms with E-state index in [0.29, 0.717) is 55.2 Å². The SMILES string of the molecule is CO[C@H]1/C=C/C[C@H](C)C[S@@](=O)(CC(=O)c2cc3n(n2)CCO3)=NC(=O)c2ccc3c(c2)N(C[C@@H]2CC[C@H]21)C[C@@]1(CCCc2cc(Cl)ccc21)CO3. The Morgan fingerprint density at radius 1 is 1.16 bits per heavy atom. The minimum absolute atomic E-state index is 0.0494. The van der Waals surface area contributed by atoms with Gasteiger partial charge in [-0.25, -0.2) is 8.89 Å². The van der Waals surface area contributed by atoms with Crippen molar-refractivity contribution in [3.05, 3.63) is 82.0 Å². The van der Waals surface area contributed by atoms with E-state index in [2.05, 4.69) is 38.6 Å². The first-order valence-electron chi connectivity index (χ1n) is 18.1. The molecule has 1 saturated carbocycles. The van der Waals surface area contributed by atoms with Gasteiger partial charge in [0.25, 0.3) is 5.91 Å². The highest BCUT2D eigenvalue weighted by Gasteiger charge is 2.44. The highest BCUT2D eigenvalue weighted by molar-refractivity contribution is 7.94. The van der Waals surface area contributed by atoms with Gasteiger partial charge in [0, 0.05) is 48.0 Å². The van der Waals surface area contributed by atoms with Crippen molar-refractivity contribution in [1.82, 2.24) is 9.78 Å². The van der Waals surface area contributed by atoms with Crippen LogP contribution in [-0.2, 0) is 32.8 Å². The van der Waals surface area contributed by atoms with Gasteiger partial charge in [-0.3, -0.25) is 9.59 Å². The number of carbonyl (C=O) groups is 2. The molecule has 2 aromatic carbocycles. The number of ether oxygens (including phenoxy) is 3. The maximum absolute atomic E-state index is 14.6. The van der Waals surface area contributed by atoms with Crippen LogP contribution in [0.3, 0.4) is 0 Å². The molecule has 0 unspecified atom stereocenters. The molecular weight excluding hydrogens is 688 g/mol. The normalized spacial score (nSPS) is 30.8. The van der Waals surface area contributed by atoms with Crippen molar-refractivity contribution in [1.29, 1.82) is 0 Å². The average molecular weight is 733 g/mol. The number of carbonyl (C=O) groups excluding carboxylic acids is 2. The number of hydrogen-bond donors (Lipinski definition) is 0. The second-order valence-electron chi connectivity index (χ2n) is 15.1. The van der Waals surface area contributed by atoms with E-state index in [4.69, 9.17) is 25.8 Å². The van der Waals surface area contributed by atoms with Crippen LogP contribution in [0, 0.1) is 17.8 Å². The number of nitrogens with zero attached hydrogens (tertiary/aromatic N) is 4. The van der Waals surface area contributed by atoms with Gasteiger partial charge in [-0.1, -0.05) is 36.7 Å². The van der Waals surface area contributed by atoms with Crippen LogP contribution >= 0.6 is 11.6 Å². The highest BCUT2D eigenvalue weighted by atomic mass is 35.5. The summed E-state index contributed by atoms with van der Waals surface area (Å²) in [4.78, 5) is 30.0. The zero-order valence-electron chi connectivity index (χ0n) is 29.2. The topological polar surface area (TPSA) is 112 Å². The number of benzene rings is 2. The number of aromatic nitrogens is 2. The first kappa shape index (κ1) is 34.4. The number of anilines is 1. The standard InChI is InChI=1S/C39H45ClN4O6S/c1-25-5-3-7-35(48-2)30-11-8-28(30)20-43-23-39(14-4-6-26-17-29(40)10-12-31(26)39)24-50-36-13-9-27(18-33(36)43)38(46)42-51(47,21-25)22-34(45)32-19-37-44(41-32)15-16-49-37/h3,7,9-10,12-13,17-19,25,28,30,35H,4-6,8,11,14-16,20-24H2,1-2H3/b7-3+/t25-,28-,30+,35-,39-,51+/m0/s1. The molecule has 51 heavy (non-hydrogen) atoms. The molecule has 10 nitrogen and oxygen atoms in total. The first-order chi connectivity index (χ1) is 24.6. The number of methoxy groups -OCH3 is 1. The molecule has 0 saturated heterocycles. The Kier molecular flexibility index (Phi) is 9.25. The van der Waals surface area contributed by atoms with E-state index in [1.54, 1.807) is 23.9 Å². The molecular formula is C39H45ClN4O6S. The third-order valence-electron chi connectivity index (χ3n) is 11.5. The molecule has 5 aliphatic rings. The summed E-state index contributed by atoms with van der Waals surface area (Å²) < 4.78 is 38.9. The van der Waals surface area contributed by atoms with Crippen LogP contribution in [0.2, 0.25) is 5.02 Å². The maximum Gasteiger partial charge on any atom is 0.285 e. The predicted octanol–water partition coefficient (Wildman–Crippen LogP) is 6.53. The molecule has 1 spiro atoms. The van der Waals surface area contributed by atoms with Crippen molar-refractivity contribution < 1.29 is 28.0 Å². The van der Waals surface area contributed by atoms with E-state index in [-0.39, 0.29) is 28.9 Å². The summed E-state index contributed by atoms with van der Waals surface area (Å²) in [5, 5.41) is 5.11. The van der Waals surface area contributed by atoms with Crippen molar-refractivity contribution >= 4 is 38.7 Å². The number of halogens is 1. The molecule has 1 fully saturated rings. The minimum Gasteiger partial charge on any atom is -0.490 e. The van der Waals surface area contributed by atoms with Gasteiger partial charge in [0.1, 0.15) is 18.1 Å². The van der Waals surface area contributed by atoms with Crippen LogP contribution < -0.4 is 14.4 Å². The summed E-state index contributed by atoms with van der Waals surface area (Å²) in [6.45, 7) is 5.05. The van der Waals surface area contributed by atoms with Crippen LogP contribution in [-0.4, -0.2) is 76.7 Å². The summed E-state index contributed by atoms with van der Waals surface area (Å²) in [7, 11) is -1.55. The molecule has 1 aromatic heterocycles. The number of rotatable bonds is 4. The zero-order valence-corrected chi connectivity index (χ0v) is 30.8. The molecule has 3 aliphatic heterocycles. The maximum atomic E-state index is 14.6. The van der Waals surface area contributed by atoms with Crippen LogP contribution in [0.4, 0.5) is 5.69 Å². The molecule has 1 amide bonds. The highest BCUT2D eigenvalue weighted by Crippen LogP contribution is 2.47. The van der Waals surface area contributed by atoms with Crippen molar-refractivity contribution in [3.63, 3.8) is 0 Å². The summed E-state index contributed by atoms with van der Waals surface area (Å²) >= 11 is 6.46. The Hall–Kier alpha value is -3.67. The van der Waals surface area contributed by atoms with Gasteiger partial charge < -0.3 is 19.1 Å². The van der Waals surface area contributed by atoms with Crippen LogP contribution in [0.15, 0.2) is 59.0 Å². The molecule has 270 valence electrons. The van der Waals surface area contributed by atoms with Gasteiger partial charge >= 0.3 is 0 Å². The van der Waals surface area contributed by atoms with Gasteiger partial charge in [-0.15, -0.1) is 0 Å². The van der Waals surface area contributed by atoms with Gasteiger partial charge in [0.15, 0.2) is 5.78 Å². The minimum atomic E-state index is -3.32. The number of amides is 1. The largest absolute Gasteiger partial charge is 0.490 e. The quantitative estimate of drug-likeness (QED) is 0.220. The van der Waals surface area contributed by atoms with E-state index < -0.39 is 27.2 Å². The van der Waals surface area contributed by atoms with Gasteiger partial charge in [0.05, 0.1) is 40.4 Å². The lowest BCUT2D eigenvalue weighted by Gasteiger charge is -2.46. The van der Waals surface area contributed by atoms with E-state index >= 15 is 0 Å². The number of Topliss-reactive ketones (excluding diaryl/α,β-unsaturated/α-hetero) is 1. The molecule has 3 aromatic rings. The fourth-order valence-electron chi connectivity index (χ4n) is 8.80. The number of fused-ring (bicyclic) bond motifs is 5. The third kappa shape index (κ3) is 6.73. The Labute approximate surface area is 304 Å². The number of allylic oxidation sites excluding steroid dienone is 1. The molecule has 8 rings (SSSR count). The summed E-state index contributed by atoms with van der Waals surface area (Å²) in [5.74, 6) is 0.532. The van der Waals surface area contributed by atoms with Gasteiger partial charge in [-0.05, 0) is 97.7 Å². The smallest absolute Gasteiger partial charge is 0.285 e. The number of aryl methyl sites for hydroxylation is 1. The number of ketones is 1. The molecule has 2 bridgehead atoms. The van der Waals surface area contributed by atoms with Crippen molar-refractivity contribution in [2.75, 3.05) is 49.8 Å². The molecule has 12 heteroatoms. The lowest BCUT2D eigenvalue weighted by molar-refractivity contribution is 0.0131. The summed E-state index contributed by atoms with van der Waals surface area (Å²) in [6.07, 6.45) is 9.96. The van der Waals surface area contributed by atoms with Gasteiger partial charge in [-0.2, -0.15) is 9.46 Å². The van der Waals surface area contributed by atoms with Crippen LogP contribution in [0.1, 0.15) is 71.0 Å². The van der Waals surface area contributed by atoms with Crippen molar-refractivity contribution in [2.45, 2.75) is 63.5 Å². The Morgan fingerprint density at radius 2 is 2.04 bits per heavy atom.